The summed E-state index contributed by atoms with van der Waals surface area (Å²) in [5.41, 5.74) is -0.725. The molecule has 112 valence electrons. The lowest BCUT2D eigenvalue weighted by Gasteiger charge is -2.06. The molecule has 21 heavy (non-hydrogen) atoms. The number of alkyl halides is 3. The number of aromatic amines is 1. The minimum Gasteiger partial charge on any atom is -0.359 e. The predicted molar refractivity (Wildman–Crippen MR) is 66.5 cm³/mol. The SMILES string of the molecule is Cc1ccnc(NCc2cc(C(F)(F)F)n[nH]2)c1[N+](=O)[O-]. The molecule has 10 heteroatoms. The Kier molecular flexibility index (Phi) is 3.78. The molecule has 0 bridgehead atoms. The van der Waals surface area contributed by atoms with Gasteiger partial charge in [0.25, 0.3) is 0 Å². The van der Waals surface area contributed by atoms with E-state index in [0.717, 1.165) is 6.07 Å². The third-order valence-corrected chi connectivity index (χ3v) is 2.68. The molecule has 0 fully saturated rings. The fraction of sp³-hybridized carbons (Fsp3) is 0.273. The number of hydrogen-bond donors (Lipinski definition) is 2. The lowest BCUT2D eigenvalue weighted by Crippen LogP contribution is -2.06. The van der Waals surface area contributed by atoms with E-state index < -0.39 is 16.8 Å². The van der Waals surface area contributed by atoms with Crippen molar-refractivity contribution in [3.63, 3.8) is 0 Å². The first kappa shape index (κ1) is 14.8. The highest BCUT2D eigenvalue weighted by molar-refractivity contribution is 5.59. The number of pyridine rings is 1. The number of aryl methyl sites for hydroxylation is 1. The van der Waals surface area contributed by atoms with Crippen molar-refractivity contribution in [2.24, 2.45) is 0 Å². The van der Waals surface area contributed by atoms with Crippen LogP contribution in [0.5, 0.6) is 0 Å². The molecule has 0 saturated heterocycles. The van der Waals surface area contributed by atoms with E-state index in [1.807, 2.05) is 0 Å². The number of nitrogens with zero attached hydrogens (tertiary/aromatic N) is 3. The maximum atomic E-state index is 12.4. The Hall–Kier alpha value is -2.65. The number of H-pyrrole nitrogens is 1. The van der Waals surface area contributed by atoms with Crippen molar-refractivity contribution in [1.82, 2.24) is 15.2 Å². The average molecular weight is 301 g/mol. The van der Waals surface area contributed by atoms with Gasteiger partial charge in [-0.2, -0.15) is 18.3 Å². The average Bonchev–Trinajstić information content (AvgIpc) is 2.84. The van der Waals surface area contributed by atoms with E-state index in [1.165, 1.54) is 12.3 Å². The molecule has 0 spiro atoms. The molecule has 2 heterocycles. The van der Waals surface area contributed by atoms with Crippen molar-refractivity contribution in [2.75, 3.05) is 5.32 Å². The summed E-state index contributed by atoms with van der Waals surface area (Å²) in [4.78, 5) is 14.2. The van der Waals surface area contributed by atoms with Gasteiger partial charge in [-0.1, -0.05) is 0 Å². The summed E-state index contributed by atoms with van der Waals surface area (Å²) >= 11 is 0. The predicted octanol–water partition coefficient (Wildman–Crippen LogP) is 2.65. The van der Waals surface area contributed by atoms with Crippen LogP contribution in [0, 0.1) is 17.0 Å². The van der Waals surface area contributed by atoms with Crippen LogP contribution in [0.1, 0.15) is 17.0 Å². The molecule has 0 aliphatic rings. The zero-order valence-corrected chi connectivity index (χ0v) is 10.7. The van der Waals surface area contributed by atoms with E-state index in [0.29, 0.717) is 5.56 Å². The Labute approximate surface area is 116 Å². The van der Waals surface area contributed by atoms with Gasteiger partial charge in [-0.05, 0) is 19.1 Å². The van der Waals surface area contributed by atoms with Gasteiger partial charge in [0, 0.05) is 11.8 Å². The Bertz CT molecular complexity index is 668. The van der Waals surface area contributed by atoms with Gasteiger partial charge in [0.15, 0.2) is 5.69 Å². The Morgan fingerprint density at radius 1 is 1.48 bits per heavy atom. The number of nitrogens with one attached hydrogen (secondary N) is 2. The summed E-state index contributed by atoms with van der Waals surface area (Å²) in [6, 6.07) is 2.30. The molecule has 0 aliphatic heterocycles. The molecule has 0 aromatic carbocycles. The summed E-state index contributed by atoms with van der Waals surface area (Å²) in [6.07, 6.45) is -3.17. The number of anilines is 1. The molecule has 0 unspecified atom stereocenters. The number of halogens is 3. The monoisotopic (exact) mass is 301 g/mol. The standard InChI is InChI=1S/C11H10F3N5O2/c1-6-2-3-15-10(9(6)19(20)21)16-5-7-4-8(18-17-7)11(12,13)14/h2-4H,5H2,1H3,(H,15,16)(H,17,18). The molecular formula is C11H10F3N5O2. The number of aromatic nitrogens is 3. The minimum atomic E-state index is -4.54. The summed E-state index contributed by atoms with van der Waals surface area (Å²) in [5.74, 6) is -0.0110. The zero-order valence-electron chi connectivity index (χ0n) is 10.7. The van der Waals surface area contributed by atoms with Crippen LogP contribution in [0.3, 0.4) is 0 Å². The summed E-state index contributed by atoms with van der Waals surface area (Å²) in [5, 5.41) is 18.9. The number of nitro groups is 1. The van der Waals surface area contributed by atoms with Gasteiger partial charge in [-0.3, -0.25) is 15.2 Å². The van der Waals surface area contributed by atoms with Crippen LogP contribution in [0.15, 0.2) is 18.3 Å². The molecule has 2 rings (SSSR count). The van der Waals surface area contributed by atoms with Gasteiger partial charge >= 0.3 is 11.9 Å². The summed E-state index contributed by atoms with van der Waals surface area (Å²) in [6.45, 7) is 1.45. The second-order valence-electron chi connectivity index (χ2n) is 4.21. The molecule has 0 amide bonds. The lowest BCUT2D eigenvalue weighted by molar-refractivity contribution is -0.384. The molecule has 2 aromatic rings. The van der Waals surface area contributed by atoms with E-state index >= 15 is 0 Å². The highest BCUT2D eigenvalue weighted by Crippen LogP contribution is 2.28. The van der Waals surface area contributed by atoms with Crippen LogP contribution in [-0.4, -0.2) is 20.1 Å². The number of hydrogen-bond acceptors (Lipinski definition) is 5. The zero-order chi connectivity index (χ0) is 15.6. The molecule has 0 aliphatic carbocycles. The van der Waals surface area contributed by atoms with Crippen molar-refractivity contribution in [3.05, 3.63) is 45.4 Å². The van der Waals surface area contributed by atoms with Gasteiger partial charge in [-0.25, -0.2) is 4.98 Å². The maximum Gasteiger partial charge on any atom is 0.435 e. The highest BCUT2D eigenvalue weighted by Gasteiger charge is 2.33. The normalized spacial score (nSPS) is 11.4. The van der Waals surface area contributed by atoms with Crippen LogP contribution < -0.4 is 5.32 Å². The molecule has 0 atom stereocenters. The number of rotatable bonds is 4. The van der Waals surface area contributed by atoms with Crippen LogP contribution in [-0.2, 0) is 12.7 Å². The van der Waals surface area contributed by atoms with Crippen LogP contribution in [0.25, 0.3) is 0 Å². The van der Waals surface area contributed by atoms with E-state index in [2.05, 4.69) is 20.5 Å². The second kappa shape index (κ2) is 5.38. The first-order chi connectivity index (χ1) is 9.79. The van der Waals surface area contributed by atoms with E-state index in [1.54, 1.807) is 6.92 Å². The third-order valence-electron chi connectivity index (χ3n) is 2.68. The molecule has 0 radical (unpaired) electrons. The Morgan fingerprint density at radius 3 is 2.76 bits per heavy atom. The van der Waals surface area contributed by atoms with Crippen LogP contribution in [0.4, 0.5) is 24.7 Å². The first-order valence-electron chi connectivity index (χ1n) is 5.74. The minimum absolute atomic E-state index is 0.0110. The van der Waals surface area contributed by atoms with Crippen molar-refractivity contribution in [3.8, 4) is 0 Å². The topological polar surface area (TPSA) is 96.7 Å². The fourth-order valence-electron chi connectivity index (χ4n) is 1.69. The van der Waals surface area contributed by atoms with Crippen molar-refractivity contribution in [1.29, 1.82) is 0 Å². The third kappa shape index (κ3) is 3.27. The maximum absolute atomic E-state index is 12.4. The van der Waals surface area contributed by atoms with Gasteiger partial charge < -0.3 is 5.32 Å². The Morgan fingerprint density at radius 2 is 2.19 bits per heavy atom. The summed E-state index contributed by atoms with van der Waals surface area (Å²) in [7, 11) is 0. The smallest absolute Gasteiger partial charge is 0.359 e. The fourth-order valence-corrected chi connectivity index (χ4v) is 1.69. The second-order valence-corrected chi connectivity index (χ2v) is 4.21. The van der Waals surface area contributed by atoms with Crippen molar-refractivity contribution >= 4 is 11.5 Å². The van der Waals surface area contributed by atoms with Crippen molar-refractivity contribution < 1.29 is 18.1 Å². The highest BCUT2D eigenvalue weighted by atomic mass is 19.4. The molecule has 2 aromatic heterocycles. The molecule has 2 N–H and O–H groups in total. The van der Waals surface area contributed by atoms with Crippen LogP contribution in [0.2, 0.25) is 0 Å². The van der Waals surface area contributed by atoms with E-state index in [4.69, 9.17) is 0 Å². The Balaban J connectivity index is 2.16. The van der Waals surface area contributed by atoms with Crippen LogP contribution >= 0.6 is 0 Å². The lowest BCUT2D eigenvalue weighted by atomic mass is 10.2. The largest absolute Gasteiger partial charge is 0.435 e. The van der Waals surface area contributed by atoms with E-state index in [-0.39, 0.29) is 23.7 Å². The van der Waals surface area contributed by atoms with Gasteiger partial charge in [0.2, 0.25) is 5.82 Å². The van der Waals surface area contributed by atoms with Gasteiger partial charge in [-0.15, -0.1) is 0 Å². The van der Waals surface area contributed by atoms with Gasteiger partial charge in [0.1, 0.15) is 0 Å². The molecule has 7 nitrogen and oxygen atoms in total. The van der Waals surface area contributed by atoms with E-state index in [9.17, 15) is 23.3 Å². The first-order valence-corrected chi connectivity index (χ1v) is 5.74. The summed E-state index contributed by atoms with van der Waals surface area (Å²) < 4.78 is 37.1. The molecule has 0 saturated carbocycles. The quantitative estimate of drug-likeness (QED) is 0.668. The van der Waals surface area contributed by atoms with Crippen molar-refractivity contribution in [2.45, 2.75) is 19.6 Å². The molecular weight excluding hydrogens is 291 g/mol. The van der Waals surface area contributed by atoms with Gasteiger partial charge in [0.05, 0.1) is 17.2 Å².